The van der Waals surface area contributed by atoms with Gasteiger partial charge in [-0.2, -0.15) is 0 Å². The molecule has 0 aliphatic carbocycles. The van der Waals surface area contributed by atoms with Crippen molar-refractivity contribution in [2.45, 2.75) is 0 Å². The van der Waals surface area contributed by atoms with Gasteiger partial charge in [-0.25, -0.2) is 0 Å². The fourth-order valence-corrected chi connectivity index (χ4v) is 1.24. The van der Waals surface area contributed by atoms with E-state index < -0.39 is 0 Å². The molecule has 3 nitrogen and oxygen atoms in total. The molecule has 0 bridgehead atoms. The van der Waals surface area contributed by atoms with Gasteiger partial charge in [-0.3, -0.25) is 9.97 Å². The first-order valence-electron chi connectivity index (χ1n) is 4.45. The first-order chi connectivity index (χ1) is 6.90. The molecule has 0 unspecified atom stereocenters. The second-order valence-electron chi connectivity index (χ2n) is 2.89. The summed E-state index contributed by atoms with van der Waals surface area (Å²) in [5.74, 6) is 0. The Bertz CT molecular complexity index is 412. The van der Waals surface area contributed by atoms with Crippen molar-refractivity contribution in [3.05, 3.63) is 42.7 Å². The summed E-state index contributed by atoms with van der Waals surface area (Å²) in [6, 6.07) is 9.69. The number of pyridine rings is 2. The van der Waals surface area contributed by atoms with Crippen LogP contribution in [0.2, 0.25) is 0 Å². The second-order valence-corrected chi connectivity index (χ2v) is 2.89. The lowest BCUT2D eigenvalue weighted by molar-refractivity contribution is 1.24. The molecule has 14 heavy (non-hydrogen) atoms. The van der Waals surface area contributed by atoms with Gasteiger partial charge in [0.25, 0.3) is 0 Å². The lowest BCUT2D eigenvalue weighted by atomic mass is 10.2. The van der Waals surface area contributed by atoms with Gasteiger partial charge in [0.05, 0.1) is 11.4 Å². The molecule has 0 fully saturated rings. The largest absolute Gasteiger partial charge is 0.388 e. The topological polar surface area (TPSA) is 37.8 Å². The Morgan fingerprint density at radius 1 is 1.00 bits per heavy atom. The molecular weight excluding hydrogens is 174 g/mol. The van der Waals surface area contributed by atoms with Crippen LogP contribution in [0.3, 0.4) is 0 Å². The number of anilines is 1. The average Bonchev–Trinajstić information content (AvgIpc) is 2.30. The molecule has 0 saturated carbocycles. The molecule has 2 aromatic heterocycles. The Kier molecular flexibility index (Phi) is 2.40. The highest BCUT2D eigenvalue weighted by molar-refractivity contribution is 5.59. The van der Waals surface area contributed by atoms with Gasteiger partial charge in [-0.1, -0.05) is 6.07 Å². The van der Waals surface area contributed by atoms with E-state index in [1.54, 1.807) is 12.4 Å². The van der Waals surface area contributed by atoms with E-state index in [2.05, 4.69) is 15.3 Å². The van der Waals surface area contributed by atoms with E-state index in [0.29, 0.717) is 0 Å². The van der Waals surface area contributed by atoms with E-state index in [1.807, 2.05) is 37.4 Å². The van der Waals surface area contributed by atoms with Gasteiger partial charge in [0, 0.05) is 25.1 Å². The quantitative estimate of drug-likeness (QED) is 0.779. The Hall–Kier alpha value is -1.90. The Morgan fingerprint density at radius 2 is 1.86 bits per heavy atom. The molecule has 0 aliphatic rings. The zero-order valence-corrected chi connectivity index (χ0v) is 7.94. The summed E-state index contributed by atoms with van der Waals surface area (Å²) in [6.07, 6.45) is 3.54. The van der Waals surface area contributed by atoms with Gasteiger partial charge in [-0.05, 0) is 24.3 Å². The van der Waals surface area contributed by atoms with Gasteiger partial charge in [-0.15, -0.1) is 0 Å². The van der Waals surface area contributed by atoms with Crippen molar-refractivity contribution in [2.24, 2.45) is 0 Å². The van der Waals surface area contributed by atoms with Crippen LogP contribution >= 0.6 is 0 Å². The summed E-state index contributed by atoms with van der Waals surface area (Å²) < 4.78 is 0. The number of hydrogen-bond acceptors (Lipinski definition) is 3. The summed E-state index contributed by atoms with van der Waals surface area (Å²) in [7, 11) is 1.89. The fraction of sp³-hybridized carbons (Fsp3) is 0.0909. The normalized spacial score (nSPS) is 9.79. The van der Waals surface area contributed by atoms with Crippen LogP contribution in [0.5, 0.6) is 0 Å². The van der Waals surface area contributed by atoms with Crippen LogP contribution in [0.15, 0.2) is 42.7 Å². The molecule has 2 aromatic rings. The van der Waals surface area contributed by atoms with Gasteiger partial charge in [0.1, 0.15) is 0 Å². The molecule has 3 heteroatoms. The minimum Gasteiger partial charge on any atom is -0.388 e. The molecule has 0 aliphatic heterocycles. The van der Waals surface area contributed by atoms with Gasteiger partial charge >= 0.3 is 0 Å². The lowest BCUT2D eigenvalue weighted by Crippen LogP contribution is -1.91. The zero-order valence-electron chi connectivity index (χ0n) is 7.94. The smallest absolute Gasteiger partial charge is 0.0906 e. The highest BCUT2D eigenvalue weighted by Gasteiger charge is 1.99. The van der Waals surface area contributed by atoms with Crippen molar-refractivity contribution < 1.29 is 0 Å². The van der Waals surface area contributed by atoms with Crippen LogP contribution in [-0.4, -0.2) is 17.0 Å². The monoisotopic (exact) mass is 185 g/mol. The summed E-state index contributed by atoms with van der Waals surface area (Å²) in [5.41, 5.74) is 2.82. The number of hydrogen-bond donors (Lipinski definition) is 1. The van der Waals surface area contributed by atoms with Gasteiger partial charge in [0.15, 0.2) is 0 Å². The van der Waals surface area contributed by atoms with Crippen molar-refractivity contribution >= 4 is 5.69 Å². The Morgan fingerprint density at radius 3 is 2.57 bits per heavy atom. The second kappa shape index (κ2) is 3.87. The molecule has 0 aromatic carbocycles. The molecule has 0 atom stereocenters. The minimum absolute atomic E-state index is 0.887. The third-order valence-electron chi connectivity index (χ3n) is 1.98. The summed E-state index contributed by atoms with van der Waals surface area (Å²) in [5, 5.41) is 3.07. The van der Waals surface area contributed by atoms with Crippen molar-refractivity contribution in [2.75, 3.05) is 12.4 Å². The van der Waals surface area contributed by atoms with E-state index in [4.69, 9.17) is 0 Å². The summed E-state index contributed by atoms with van der Waals surface area (Å²) >= 11 is 0. The third-order valence-corrected chi connectivity index (χ3v) is 1.98. The van der Waals surface area contributed by atoms with E-state index in [1.165, 1.54) is 0 Å². The van der Waals surface area contributed by atoms with Crippen molar-refractivity contribution in [1.29, 1.82) is 0 Å². The summed E-state index contributed by atoms with van der Waals surface area (Å²) in [6.45, 7) is 0. The molecule has 2 rings (SSSR count). The van der Waals surface area contributed by atoms with Crippen LogP contribution < -0.4 is 5.32 Å². The predicted octanol–water partition coefficient (Wildman–Crippen LogP) is 2.19. The Labute approximate surface area is 82.8 Å². The zero-order chi connectivity index (χ0) is 9.80. The fourth-order valence-electron chi connectivity index (χ4n) is 1.24. The maximum absolute atomic E-state index is 4.26. The third kappa shape index (κ3) is 1.71. The molecule has 1 N–H and O–H groups in total. The highest BCUT2D eigenvalue weighted by Crippen LogP contribution is 2.16. The van der Waals surface area contributed by atoms with Crippen LogP contribution in [-0.2, 0) is 0 Å². The SMILES string of the molecule is CNc1ccnc(-c2ccccn2)c1. The molecule has 0 amide bonds. The number of nitrogens with one attached hydrogen (secondary N) is 1. The van der Waals surface area contributed by atoms with Crippen LogP contribution in [0.25, 0.3) is 11.4 Å². The molecule has 0 spiro atoms. The van der Waals surface area contributed by atoms with Gasteiger partial charge < -0.3 is 5.32 Å². The van der Waals surface area contributed by atoms with Crippen LogP contribution in [0.4, 0.5) is 5.69 Å². The number of aromatic nitrogens is 2. The van der Waals surface area contributed by atoms with Crippen LogP contribution in [0.1, 0.15) is 0 Å². The predicted molar refractivity (Wildman–Crippen MR) is 57.0 cm³/mol. The maximum Gasteiger partial charge on any atom is 0.0906 e. The molecule has 70 valence electrons. The van der Waals surface area contributed by atoms with Crippen molar-refractivity contribution in [3.8, 4) is 11.4 Å². The molecule has 0 saturated heterocycles. The van der Waals surface area contributed by atoms with E-state index in [9.17, 15) is 0 Å². The molecular formula is C11H11N3. The lowest BCUT2D eigenvalue weighted by Gasteiger charge is -2.02. The molecule has 0 radical (unpaired) electrons. The number of rotatable bonds is 2. The maximum atomic E-state index is 4.26. The van der Waals surface area contributed by atoms with Crippen molar-refractivity contribution in [3.63, 3.8) is 0 Å². The Balaban J connectivity index is 2.42. The number of nitrogens with zero attached hydrogens (tertiary/aromatic N) is 2. The summed E-state index contributed by atoms with van der Waals surface area (Å²) in [4.78, 5) is 8.49. The average molecular weight is 185 g/mol. The van der Waals surface area contributed by atoms with Crippen molar-refractivity contribution in [1.82, 2.24) is 9.97 Å². The first kappa shape index (κ1) is 8.69. The van der Waals surface area contributed by atoms with E-state index in [-0.39, 0.29) is 0 Å². The minimum atomic E-state index is 0.887. The molecule has 2 heterocycles. The first-order valence-corrected chi connectivity index (χ1v) is 4.45. The van der Waals surface area contributed by atoms with E-state index >= 15 is 0 Å². The standard InChI is InChI=1S/C11H11N3/c1-12-9-5-7-14-11(8-9)10-4-2-3-6-13-10/h2-8H,1H3,(H,12,14). The van der Waals surface area contributed by atoms with Gasteiger partial charge in [0.2, 0.25) is 0 Å². The highest BCUT2D eigenvalue weighted by atomic mass is 14.8. The van der Waals surface area contributed by atoms with Crippen LogP contribution in [0, 0.1) is 0 Å². The van der Waals surface area contributed by atoms with E-state index in [0.717, 1.165) is 17.1 Å².